The van der Waals surface area contributed by atoms with Gasteiger partial charge in [0.2, 0.25) is 15.9 Å². The number of hydrogen-bond acceptors (Lipinski definition) is 5. The number of unbranched alkanes of at least 4 members (excludes halogenated alkanes) is 1. The molecule has 1 saturated heterocycles. The highest BCUT2D eigenvalue weighted by atomic mass is 32.2. The van der Waals surface area contributed by atoms with Gasteiger partial charge in [-0.1, -0.05) is 6.92 Å². The molecule has 2 atom stereocenters. The van der Waals surface area contributed by atoms with Crippen molar-refractivity contribution in [3.63, 3.8) is 0 Å². The van der Waals surface area contributed by atoms with Crippen molar-refractivity contribution in [2.45, 2.75) is 77.8 Å². The average Bonchev–Trinajstić information content (AvgIpc) is 2.68. The van der Waals surface area contributed by atoms with Gasteiger partial charge < -0.3 is 15.0 Å². The van der Waals surface area contributed by atoms with Gasteiger partial charge in [0.1, 0.15) is 0 Å². The average molecular weight is 458 g/mol. The van der Waals surface area contributed by atoms with Gasteiger partial charge in [-0.15, -0.1) is 0 Å². The zero-order valence-corrected chi connectivity index (χ0v) is 20.0. The standard InChI is InChI=1S/C22H36FN3O4S/c1-6-18-20(26-13-16(4)30-17(5)14-26)11-10-19(22(18)23)25-21(27)9-7-8-12-24-31(28,29)15(2)3/h10-11,15-17,24H,6-9,12-14H2,1-5H3,(H,25,27)/t16-,17?/m0/s1. The van der Waals surface area contributed by atoms with Crippen molar-refractivity contribution in [3.05, 3.63) is 23.5 Å². The minimum absolute atomic E-state index is 0.0703. The molecule has 0 radical (unpaired) electrons. The molecule has 2 N–H and O–H groups in total. The Balaban J connectivity index is 1.94. The van der Waals surface area contributed by atoms with Crippen LogP contribution in [-0.2, 0) is 26.0 Å². The van der Waals surface area contributed by atoms with E-state index in [0.717, 1.165) is 5.69 Å². The minimum atomic E-state index is -3.29. The third-order valence-corrected chi connectivity index (χ3v) is 7.21. The summed E-state index contributed by atoms with van der Waals surface area (Å²) in [6, 6.07) is 3.48. The molecular formula is C22H36FN3O4S. The number of carbonyl (C=O) groups excluding carboxylic acids is 1. The van der Waals surface area contributed by atoms with Crippen molar-refractivity contribution in [1.82, 2.24) is 4.72 Å². The van der Waals surface area contributed by atoms with Crippen LogP contribution in [0.1, 0.15) is 59.4 Å². The molecule has 1 aromatic rings. The Morgan fingerprint density at radius 1 is 1.23 bits per heavy atom. The smallest absolute Gasteiger partial charge is 0.224 e. The van der Waals surface area contributed by atoms with Crippen molar-refractivity contribution in [1.29, 1.82) is 0 Å². The highest BCUT2D eigenvalue weighted by Crippen LogP contribution is 2.31. The molecule has 0 aromatic heterocycles. The lowest BCUT2D eigenvalue weighted by molar-refractivity contribution is -0.116. The van der Waals surface area contributed by atoms with Crippen molar-refractivity contribution in [3.8, 4) is 0 Å². The molecule has 7 nitrogen and oxygen atoms in total. The topological polar surface area (TPSA) is 87.7 Å². The van der Waals surface area contributed by atoms with Crippen molar-refractivity contribution in [2.75, 3.05) is 29.9 Å². The van der Waals surface area contributed by atoms with E-state index in [0.29, 0.717) is 37.9 Å². The molecule has 2 rings (SSSR count). The van der Waals surface area contributed by atoms with Crippen LogP contribution >= 0.6 is 0 Å². The first-order valence-corrected chi connectivity index (χ1v) is 12.6. The van der Waals surface area contributed by atoms with Crippen LogP contribution < -0.4 is 14.9 Å². The number of nitrogens with zero attached hydrogens (tertiary/aromatic N) is 1. The maximum Gasteiger partial charge on any atom is 0.224 e. The summed E-state index contributed by atoms with van der Waals surface area (Å²) in [5.74, 6) is -0.682. The third kappa shape index (κ3) is 7.15. The zero-order chi connectivity index (χ0) is 23.2. The van der Waals surface area contributed by atoms with E-state index in [9.17, 15) is 13.2 Å². The van der Waals surface area contributed by atoms with Crippen molar-refractivity contribution in [2.24, 2.45) is 0 Å². The Morgan fingerprint density at radius 2 is 1.87 bits per heavy atom. The number of nitrogens with one attached hydrogen (secondary N) is 2. The molecule has 9 heteroatoms. The largest absolute Gasteiger partial charge is 0.372 e. The van der Waals surface area contributed by atoms with E-state index in [1.807, 2.05) is 26.8 Å². The number of sulfonamides is 1. The van der Waals surface area contributed by atoms with Gasteiger partial charge >= 0.3 is 0 Å². The second-order valence-electron chi connectivity index (χ2n) is 8.43. The van der Waals surface area contributed by atoms with E-state index in [-0.39, 0.29) is 36.8 Å². The predicted molar refractivity (Wildman–Crippen MR) is 123 cm³/mol. The van der Waals surface area contributed by atoms with Gasteiger partial charge in [-0.2, -0.15) is 0 Å². The maximum absolute atomic E-state index is 15.1. The normalized spacial score (nSPS) is 19.6. The van der Waals surface area contributed by atoms with E-state index < -0.39 is 21.1 Å². The first kappa shape index (κ1) is 25.5. The third-order valence-electron chi connectivity index (χ3n) is 5.36. The monoisotopic (exact) mass is 457 g/mol. The number of amides is 1. The van der Waals surface area contributed by atoms with E-state index in [4.69, 9.17) is 4.74 Å². The summed E-state index contributed by atoms with van der Waals surface area (Å²) >= 11 is 0. The molecule has 0 aliphatic carbocycles. The van der Waals surface area contributed by atoms with Gasteiger partial charge in [-0.05, 0) is 59.1 Å². The van der Waals surface area contributed by atoms with Crippen LogP contribution in [-0.4, -0.2) is 51.4 Å². The van der Waals surface area contributed by atoms with E-state index in [1.54, 1.807) is 19.9 Å². The van der Waals surface area contributed by atoms with Gasteiger partial charge in [0.05, 0.1) is 23.1 Å². The molecule has 1 fully saturated rings. The van der Waals surface area contributed by atoms with Gasteiger partial charge in [0, 0.05) is 37.3 Å². The Morgan fingerprint density at radius 3 is 2.45 bits per heavy atom. The lowest BCUT2D eigenvalue weighted by Gasteiger charge is -2.38. The van der Waals surface area contributed by atoms with E-state index in [2.05, 4.69) is 14.9 Å². The molecular weight excluding hydrogens is 421 g/mol. The molecule has 1 amide bonds. The lowest BCUT2D eigenvalue weighted by atomic mass is 10.1. The first-order chi connectivity index (χ1) is 14.5. The van der Waals surface area contributed by atoms with Crippen LogP contribution in [0.2, 0.25) is 0 Å². The molecule has 176 valence electrons. The zero-order valence-electron chi connectivity index (χ0n) is 19.2. The fraction of sp³-hybridized carbons (Fsp3) is 0.682. The number of halogens is 1. The molecule has 1 heterocycles. The van der Waals surface area contributed by atoms with Gasteiger partial charge in [0.15, 0.2) is 5.82 Å². The van der Waals surface area contributed by atoms with Crippen LogP contribution in [0.3, 0.4) is 0 Å². The van der Waals surface area contributed by atoms with Crippen molar-refractivity contribution >= 4 is 27.3 Å². The number of ether oxygens (including phenoxy) is 1. The number of anilines is 2. The van der Waals surface area contributed by atoms with Crippen LogP contribution in [0, 0.1) is 5.82 Å². The Bertz CT molecular complexity index is 851. The number of morpholine rings is 1. The molecule has 0 spiro atoms. The van der Waals surface area contributed by atoms with Gasteiger partial charge in [0.25, 0.3) is 0 Å². The quantitative estimate of drug-likeness (QED) is 0.526. The fourth-order valence-corrected chi connectivity index (χ4v) is 4.48. The first-order valence-electron chi connectivity index (χ1n) is 11.0. The van der Waals surface area contributed by atoms with Gasteiger partial charge in [-0.25, -0.2) is 17.5 Å². The summed E-state index contributed by atoms with van der Waals surface area (Å²) in [4.78, 5) is 14.4. The number of benzene rings is 1. The molecule has 1 aliphatic rings. The van der Waals surface area contributed by atoms with Crippen LogP contribution in [0.4, 0.5) is 15.8 Å². The number of hydrogen-bond donors (Lipinski definition) is 2. The fourth-order valence-electron chi connectivity index (χ4n) is 3.72. The summed E-state index contributed by atoms with van der Waals surface area (Å²) in [6.45, 7) is 10.8. The number of rotatable bonds is 10. The van der Waals surface area contributed by atoms with Crippen LogP contribution in [0.25, 0.3) is 0 Å². The SMILES string of the molecule is CCc1c(N2CC(C)O[C@@H](C)C2)ccc(NC(=O)CCCCNS(=O)(=O)C(C)C)c1F. The Hall–Kier alpha value is -1.71. The molecule has 0 saturated carbocycles. The van der Waals surface area contributed by atoms with Crippen molar-refractivity contribution < 1.29 is 22.3 Å². The predicted octanol–water partition coefficient (Wildman–Crippen LogP) is 3.44. The summed E-state index contributed by atoms with van der Waals surface area (Å²) in [5, 5.41) is 2.17. The highest BCUT2D eigenvalue weighted by molar-refractivity contribution is 7.90. The van der Waals surface area contributed by atoms with E-state index >= 15 is 4.39 Å². The molecule has 1 unspecified atom stereocenters. The Kier molecular flexibility index (Phi) is 9.27. The summed E-state index contributed by atoms with van der Waals surface area (Å²) in [6.07, 6.45) is 1.90. The minimum Gasteiger partial charge on any atom is -0.372 e. The second-order valence-corrected chi connectivity index (χ2v) is 10.8. The molecule has 31 heavy (non-hydrogen) atoms. The van der Waals surface area contributed by atoms with E-state index in [1.165, 1.54) is 0 Å². The molecule has 1 aromatic carbocycles. The molecule has 1 aliphatic heterocycles. The maximum atomic E-state index is 15.1. The highest BCUT2D eigenvalue weighted by Gasteiger charge is 2.25. The second kappa shape index (κ2) is 11.2. The number of carbonyl (C=O) groups is 1. The van der Waals surface area contributed by atoms with Gasteiger partial charge in [-0.3, -0.25) is 4.79 Å². The Labute approximate surface area is 185 Å². The van der Waals surface area contributed by atoms with Crippen LogP contribution in [0.15, 0.2) is 12.1 Å². The summed E-state index contributed by atoms with van der Waals surface area (Å²) < 4.78 is 46.8. The lowest BCUT2D eigenvalue weighted by Crippen LogP contribution is -2.46. The summed E-state index contributed by atoms with van der Waals surface area (Å²) in [5.41, 5.74) is 1.61. The molecule has 0 bridgehead atoms. The van der Waals surface area contributed by atoms with Crippen LogP contribution in [0.5, 0.6) is 0 Å². The summed E-state index contributed by atoms with van der Waals surface area (Å²) in [7, 11) is -3.29.